The molecule has 0 bridgehead atoms. The van der Waals surface area contributed by atoms with Crippen LogP contribution in [-0.2, 0) is 12.3 Å². The molecule has 0 atom stereocenters. The third kappa shape index (κ3) is 1.30. The van der Waals surface area contributed by atoms with E-state index in [2.05, 4.69) is 11.2 Å². The van der Waals surface area contributed by atoms with Crippen molar-refractivity contribution in [1.29, 1.82) is 0 Å². The highest BCUT2D eigenvalue weighted by atomic mass is 19.3. The Morgan fingerprint density at radius 3 is 2.92 bits per heavy atom. The van der Waals surface area contributed by atoms with Crippen molar-refractivity contribution < 1.29 is 13.2 Å². The highest BCUT2D eigenvalue weighted by molar-refractivity contribution is 5.33. The summed E-state index contributed by atoms with van der Waals surface area (Å²) in [5, 5.41) is 0. The topological polar surface area (TPSA) is 12.9 Å². The lowest BCUT2D eigenvalue weighted by atomic mass is 9.90. The number of pyridine rings is 1. The van der Waals surface area contributed by atoms with Crippen LogP contribution in [0.3, 0.4) is 0 Å². The maximum Gasteiger partial charge on any atom is 0.281 e. The second-order valence-corrected chi connectivity index (χ2v) is 2.94. The average Bonchev–Trinajstić information content (AvgIpc) is 2.02. The molecule has 1 aliphatic rings. The van der Waals surface area contributed by atoms with Gasteiger partial charge in [-0.2, -0.15) is 4.39 Å². The molecule has 68 valence electrons. The van der Waals surface area contributed by atoms with E-state index in [1.807, 2.05) is 0 Å². The maximum absolute atomic E-state index is 13.1. The molecule has 0 aliphatic heterocycles. The van der Waals surface area contributed by atoms with E-state index in [1.165, 1.54) is 6.07 Å². The van der Waals surface area contributed by atoms with E-state index in [0.717, 1.165) is 6.42 Å². The summed E-state index contributed by atoms with van der Waals surface area (Å²) in [5.41, 5.74) is -0.280. The summed E-state index contributed by atoms with van der Waals surface area (Å²) in [6.45, 7) is 0. The van der Waals surface area contributed by atoms with Crippen molar-refractivity contribution in [2.75, 3.05) is 0 Å². The highest BCUT2D eigenvalue weighted by Crippen LogP contribution is 2.39. The molecule has 1 nitrogen and oxygen atoms in total. The molecule has 1 heterocycles. The summed E-state index contributed by atoms with van der Waals surface area (Å²) in [6.07, 6.45) is 3.77. The van der Waals surface area contributed by atoms with Crippen LogP contribution in [0.25, 0.3) is 0 Å². The molecule has 4 heteroatoms. The average molecular weight is 185 g/mol. The van der Waals surface area contributed by atoms with Crippen molar-refractivity contribution in [1.82, 2.24) is 4.98 Å². The summed E-state index contributed by atoms with van der Waals surface area (Å²) in [4.78, 5) is 3.10. The van der Waals surface area contributed by atoms with Crippen LogP contribution >= 0.6 is 0 Å². The SMILES string of the molecule is Fc1n[c]cc2c1C(F)(F)[CH]CC2. The molecule has 0 saturated heterocycles. The standard InChI is InChI=1S/C9H6F3N/c10-8-7-6(3-5-13-8)2-1-4-9(7,11)12/h3-4H,1-2H2. The van der Waals surface area contributed by atoms with Gasteiger partial charge in [-0.3, -0.25) is 0 Å². The number of nitrogens with zero attached hydrogens (tertiary/aromatic N) is 1. The molecular weight excluding hydrogens is 179 g/mol. The first-order chi connectivity index (χ1) is 6.11. The Morgan fingerprint density at radius 2 is 2.23 bits per heavy atom. The molecule has 0 aromatic carbocycles. The Hall–Kier alpha value is -1.06. The van der Waals surface area contributed by atoms with E-state index in [4.69, 9.17) is 0 Å². The summed E-state index contributed by atoms with van der Waals surface area (Å²) >= 11 is 0. The number of aromatic nitrogens is 1. The third-order valence-electron chi connectivity index (χ3n) is 2.08. The van der Waals surface area contributed by atoms with Gasteiger partial charge in [0, 0.05) is 6.42 Å². The van der Waals surface area contributed by atoms with Crippen molar-refractivity contribution in [2.45, 2.75) is 18.8 Å². The predicted molar refractivity (Wildman–Crippen MR) is 39.5 cm³/mol. The largest absolute Gasteiger partial charge is 0.281 e. The Labute approximate surface area is 73.6 Å². The van der Waals surface area contributed by atoms with Gasteiger partial charge in [0.05, 0.1) is 11.8 Å². The Kier molecular flexibility index (Phi) is 1.78. The third-order valence-corrected chi connectivity index (χ3v) is 2.08. The molecule has 0 amide bonds. The van der Waals surface area contributed by atoms with Crippen molar-refractivity contribution in [2.24, 2.45) is 0 Å². The van der Waals surface area contributed by atoms with Gasteiger partial charge in [-0.25, -0.2) is 13.8 Å². The van der Waals surface area contributed by atoms with Crippen molar-refractivity contribution >= 4 is 0 Å². The molecule has 2 radical (unpaired) electrons. The van der Waals surface area contributed by atoms with Crippen LogP contribution in [0.15, 0.2) is 6.07 Å². The van der Waals surface area contributed by atoms with Gasteiger partial charge < -0.3 is 0 Å². The minimum atomic E-state index is -3.18. The first-order valence-electron chi connectivity index (χ1n) is 3.89. The van der Waals surface area contributed by atoms with Gasteiger partial charge in [0.1, 0.15) is 0 Å². The summed E-state index contributed by atoms with van der Waals surface area (Å²) in [5.74, 6) is -4.29. The fraction of sp³-hybridized carbons (Fsp3) is 0.333. The molecule has 0 saturated carbocycles. The fourth-order valence-electron chi connectivity index (χ4n) is 1.49. The van der Waals surface area contributed by atoms with E-state index in [-0.39, 0.29) is 6.42 Å². The number of aryl methyl sites for hydroxylation is 1. The van der Waals surface area contributed by atoms with Gasteiger partial charge in [-0.15, -0.1) is 0 Å². The summed E-state index contributed by atoms with van der Waals surface area (Å²) in [7, 11) is 0. The zero-order valence-corrected chi connectivity index (χ0v) is 6.65. The molecule has 0 unspecified atom stereocenters. The smallest absolute Gasteiger partial charge is 0.218 e. The number of hydrogen-bond acceptors (Lipinski definition) is 1. The molecular formula is C9H6F3N. The van der Waals surface area contributed by atoms with Crippen molar-refractivity contribution in [3.05, 3.63) is 35.8 Å². The Bertz CT molecular complexity index is 336. The molecule has 0 spiro atoms. The van der Waals surface area contributed by atoms with Gasteiger partial charge in [0.15, 0.2) is 0 Å². The van der Waals surface area contributed by atoms with Crippen LogP contribution in [-0.4, -0.2) is 4.98 Å². The van der Waals surface area contributed by atoms with E-state index in [1.54, 1.807) is 0 Å². The summed E-state index contributed by atoms with van der Waals surface area (Å²) < 4.78 is 39.1. The van der Waals surface area contributed by atoms with Gasteiger partial charge >= 0.3 is 0 Å². The molecule has 2 rings (SSSR count). The molecule has 1 aliphatic carbocycles. The lowest BCUT2D eigenvalue weighted by Crippen LogP contribution is -2.24. The Balaban J connectivity index is 2.61. The van der Waals surface area contributed by atoms with E-state index < -0.39 is 17.4 Å². The number of hydrogen-bond donors (Lipinski definition) is 0. The van der Waals surface area contributed by atoms with Crippen molar-refractivity contribution in [3.63, 3.8) is 0 Å². The van der Waals surface area contributed by atoms with Gasteiger partial charge in [0.25, 0.3) is 5.92 Å². The van der Waals surface area contributed by atoms with Crippen LogP contribution in [0.1, 0.15) is 17.5 Å². The number of alkyl halides is 2. The highest BCUT2D eigenvalue weighted by Gasteiger charge is 2.40. The van der Waals surface area contributed by atoms with Crippen LogP contribution in [0, 0.1) is 18.6 Å². The van der Waals surface area contributed by atoms with Gasteiger partial charge in [-0.1, -0.05) is 0 Å². The van der Waals surface area contributed by atoms with Crippen LogP contribution in [0.5, 0.6) is 0 Å². The number of rotatable bonds is 0. The van der Waals surface area contributed by atoms with E-state index in [0.29, 0.717) is 12.0 Å². The van der Waals surface area contributed by atoms with Gasteiger partial charge in [0.2, 0.25) is 5.95 Å². The summed E-state index contributed by atoms with van der Waals surface area (Å²) in [6, 6.07) is 1.32. The molecule has 1 aromatic heterocycles. The normalized spacial score (nSPS) is 19.6. The quantitative estimate of drug-likeness (QED) is 0.565. The number of halogens is 3. The molecule has 0 fully saturated rings. The van der Waals surface area contributed by atoms with E-state index >= 15 is 0 Å². The van der Waals surface area contributed by atoms with Gasteiger partial charge in [-0.05, 0) is 24.5 Å². The maximum atomic E-state index is 13.1. The zero-order valence-electron chi connectivity index (χ0n) is 6.65. The van der Waals surface area contributed by atoms with Crippen LogP contribution < -0.4 is 0 Å². The second kappa shape index (κ2) is 2.72. The van der Waals surface area contributed by atoms with E-state index in [9.17, 15) is 13.2 Å². The first kappa shape index (κ1) is 8.53. The Morgan fingerprint density at radius 1 is 1.46 bits per heavy atom. The lowest BCUT2D eigenvalue weighted by Gasteiger charge is -2.24. The van der Waals surface area contributed by atoms with Crippen LogP contribution in [0.4, 0.5) is 13.2 Å². The number of fused-ring (bicyclic) bond motifs is 1. The minimum absolute atomic E-state index is 0.261. The minimum Gasteiger partial charge on any atom is -0.218 e. The molecule has 0 N–H and O–H groups in total. The second-order valence-electron chi connectivity index (χ2n) is 2.94. The van der Waals surface area contributed by atoms with Crippen molar-refractivity contribution in [3.8, 4) is 0 Å². The van der Waals surface area contributed by atoms with Crippen LogP contribution in [0.2, 0.25) is 0 Å². The molecule has 13 heavy (non-hydrogen) atoms. The first-order valence-corrected chi connectivity index (χ1v) is 3.89. The molecule has 1 aromatic rings. The lowest BCUT2D eigenvalue weighted by molar-refractivity contribution is 0.0190. The monoisotopic (exact) mass is 185 g/mol. The zero-order chi connectivity index (χ0) is 9.47. The fourth-order valence-corrected chi connectivity index (χ4v) is 1.49. The predicted octanol–water partition coefficient (Wildman–Crippen LogP) is 2.26.